The van der Waals surface area contributed by atoms with Gasteiger partial charge in [-0.25, -0.2) is 8.78 Å². The Kier molecular flexibility index (Phi) is 3.33. The number of hydrogen-bond donors (Lipinski definition) is 0. The zero-order valence-electron chi connectivity index (χ0n) is 8.08. The number of Topliss-reactive ketones (excluding diaryl/α,β-unsaturated/α-hetero) is 1. The van der Waals surface area contributed by atoms with Gasteiger partial charge in [-0.15, -0.1) is 0 Å². The van der Waals surface area contributed by atoms with E-state index in [0.29, 0.717) is 6.54 Å². The Morgan fingerprint density at radius 3 is 2.71 bits per heavy atom. The summed E-state index contributed by atoms with van der Waals surface area (Å²) >= 11 is 0. The van der Waals surface area contributed by atoms with Crippen LogP contribution in [0.15, 0.2) is 12.3 Å². The molecule has 0 saturated carbocycles. The molecule has 1 aromatic rings. The third-order valence-corrected chi connectivity index (χ3v) is 1.71. The minimum absolute atomic E-state index is 0.0197. The van der Waals surface area contributed by atoms with Crippen molar-refractivity contribution in [3.63, 3.8) is 0 Å². The van der Waals surface area contributed by atoms with Gasteiger partial charge in [-0.1, -0.05) is 13.8 Å². The third-order valence-electron chi connectivity index (χ3n) is 1.71. The fourth-order valence-corrected chi connectivity index (χ4v) is 1.15. The minimum atomic E-state index is -2.96. The van der Waals surface area contributed by atoms with Crippen LogP contribution in [-0.2, 0) is 6.54 Å². The number of aromatic nitrogens is 2. The topological polar surface area (TPSA) is 34.9 Å². The molecule has 1 heterocycles. The Labute approximate surface area is 80.7 Å². The first kappa shape index (κ1) is 10.8. The highest BCUT2D eigenvalue weighted by Crippen LogP contribution is 2.09. The van der Waals surface area contributed by atoms with Crippen LogP contribution in [0.4, 0.5) is 8.78 Å². The van der Waals surface area contributed by atoms with Crippen LogP contribution in [-0.4, -0.2) is 22.0 Å². The molecular weight excluding hydrogens is 190 g/mol. The molecule has 0 fully saturated rings. The lowest BCUT2D eigenvalue weighted by atomic mass is 10.2. The maximum Gasteiger partial charge on any atom is 0.302 e. The van der Waals surface area contributed by atoms with Gasteiger partial charge in [-0.3, -0.25) is 9.48 Å². The zero-order chi connectivity index (χ0) is 10.7. The van der Waals surface area contributed by atoms with Crippen molar-refractivity contribution < 1.29 is 13.6 Å². The van der Waals surface area contributed by atoms with Crippen molar-refractivity contribution in [3.05, 3.63) is 18.0 Å². The quantitative estimate of drug-likeness (QED) is 0.700. The molecule has 0 aliphatic heterocycles. The van der Waals surface area contributed by atoms with Crippen molar-refractivity contribution in [1.29, 1.82) is 0 Å². The average Bonchev–Trinajstić information content (AvgIpc) is 2.49. The van der Waals surface area contributed by atoms with E-state index in [-0.39, 0.29) is 11.6 Å². The molecule has 0 saturated heterocycles. The number of carbonyl (C=O) groups excluding carboxylic acids is 1. The summed E-state index contributed by atoms with van der Waals surface area (Å²) in [7, 11) is 0. The second-order valence-corrected chi connectivity index (χ2v) is 3.46. The van der Waals surface area contributed by atoms with Crippen molar-refractivity contribution in [2.24, 2.45) is 5.92 Å². The predicted octanol–water partition coefficient (Wildman–Crippen LogP) is 1.99. The number of ketones is 1. The van der Waals surface area contributed by atoms with E-state index in [4.69, 9.17) is 0 Å². The van der Waals surface area contributed by atoms with Crippen molar-refractivity contribution in [2.75, 3.05) is 0 Å². The van der Waals surface area contributed by atoms with Crippen LogP contribution in [0.2, 0.25) is 0 Å². The van der Waals surface area contributed by atoms with E-state index in [9.17, 15) is 13.6 Å². The van der Waals surface area contributed by atoms with Gasteiger partial charge in [-0.2, -0.15) is 5.10 Å². The van der Waals surface area contributed by atoms with E-state index in [1.807, 2.05) is 13.8 Å². The van der Waals surface area contributed by atoms with Crippen LogP contribution in [0.3, 0.4) is 0 Å². The van der Waals surface area contributed by atoms with E-state index in [2.05, 4.69) is 5.10 Å². The molecule has 0 aliphatic carbocycles. The largest absolute Gasteiger partial charge is 0.302 e. The van der Waals surface area contributed by atoms with E-state index in [0.717, 1.165) is 0 Å². The Bertz CT molecular complexity index is 320. The van der Waals surface area contributed by atoms with Crippen LogP contribution in [0.1, 0.15) is 24.3 Å². The van der Waals surface area contributed by atoms with Gasteiger partial charge >= 0.3 is 6.43 Å². The van der Waals surface area contributed by atoms with E-state index in [1.165, 1.54) is 16.9 Å². The summed E-state index contributed by atoms with van der Waals surface area (Å²) in [5.41, 5.74) is -0.0197. The Balaban J connectivity index is 2.87. The summed E-state index contributed by atoms with van der Waals surface area (Å²) in [6, 6.07) is 1.32. The average molecular weight is 202 g/mol. The highest BCUT2D eigenvalue weighted by Gasteiger charge is 2.21. The first-order valence-electron chi connectivity index (χ1n) is 4.36. The number of carbonyl (C=O) groups is 1. The fourth-order valence-electron chi connectivity index (χ4n) is 1.15. The molecule has 0 bridgehead atoms. The molecule has 0 radical (unpaired) electrons. The molecule has 0 spiro atoms. The van der Waals surface area contributed by atoms with Gasteiger partial charge in [0, 0.05) is 12.7 Å². The van der Waals surface area contributed by atoms with Gasteiger partial charge in [0.25, 0.3) is 0 Å². The summed E-state index contributed by atoms with van der Waals surface area (Å²) in [6.07, 6.45) is -1.60. The highest BCUT2D eigenvalue weighted by atomic mass is 19.3. The molecule has 78 valence electrons. The van der Waals surface area contributed by atoms with Crippen molar-refractivity contribution >= 4 is 5.78 Å². The predicted molar refractivity (Wildman–Crippen MR) is 47.4 cm³/mol. The number of rotatable bonds is 4. The van der Waals surface area contributed by atoms with Gasteiger partial charge in [0.2, 0.25) is 5.78 Å². The van der Waals surface area contributed by atoms with E-state index in [1.54, 1.807) is 0 Å². The van der Waals surface area contributed by atoms with Gasteiger partial charge in [-0.05, 0) is 12.0 Å². The lowest BCUT2D eigenvalue weighted by Crippen LogP contribution is -2.18. The molecule has 0 amide bonds. The summed E-state index contributed by atoms with van der Waals surface area (Å²) in [4.78, 5) is 11.0. The first-order chi connectivity index (χ1) is 6.52. The maximum absolute atomic E-state index is 12.1. The number of nitrogens with zero attached hydrogens (tertiary/aromatic N) is 2. The second-order valence-electron chi connectivity index (χ2n) is 3.46. The monoisotopic (exact) mass is 202 g/mol. The number of alkyl halides is 2. The van der Waals surface area contributed by atoms with Crippen LogP contribution in [0.25, 0.3) is 0 Å². The van der Waals surface area contributed by atoms with Gasteiger partial charge < -0.3 is 0 Å². The molecule has 0 aromatic carbocycles. The van der Waals surface area contributed by atoms with Crippen molar-refractivity contribution in [3.8, 4) is 0 Å². The zero-order valence-corrected chi connectivity index (χ0v) is 8.08. The summed E-state index contributed by atoms with van der Waals surface area (Å²) in [5, 5.41) is 3.82. The van der Waals surface area contributed by atoms with Crippen LogP contribution >= 0.6 is 0 Å². The molecule has 0 atom stereocenters. The molecule has 5 heteroatoms. The minimum Gasteiger partial charge on any atom is -0.286 e. The number of halogens is 2. The van der Waals surface area contributed by atoms with Crippen molar-refractivity contribution in [1.82, 2.24) is 9.78 Å². The second kappa shape index (κ2) is 4.30. The lowest BCUT2D eigenvalue weighted by Gasteiger charge is -2.08. The van der Waals surface area contributed by atoms with Crippen LogP contribution < -0.4 is 0 Å². The molecule has 3 nitrogen and oxygen atoms in total. The van der Waals surface area contributed by atoms with Crippen molar-refractivity contribution in [2.45, 2.75) is 26.8 Å². The Morgan fingerprint density at radius 2 is 2.21 bits per heavy atom. The van der Waals surface area contributed by atoms with Gasteiger partial charge in [0.05, 0.1) is 0 Å². The van der Waals surface area contributed by atoms with Gasteiger partial charge in [0.15, 0.2) is 0 Å². The maximum atomic E-state index is 12.1. The SMILES string of the molecule is CC(C)Cn1nccc1C(=O)C(F)F. The summed E-state index contributed by atoms with van der Waals surface area (Å²) in [5.74, 6) is -0.901. The van der Waals surface area contributed by atoms with Crippen LogP contribution in [0, 0.1) is 5.92 Å². The van der Waals surface area contributed by atoms with Crippen LogP contribution in [0.5, 0.6) is 0 Å². The molecule has 0 unspecified atom stereocenters. The Hall–Kier alpha value is -1.26. The molecule has 1 aromatic heterocycles. The third kappa shape index (κ3) is 2.37. The normalized spacial score (nSPS) is 11.3. The lowest BCUT2D eigenvalue weighted by molar-refractivity contribution is 0.0665. The highest BCUT2D eigenvalue weighted by molar-refractivity contribution is 5.96. The molecule has 0 N–H and O–H groups in total. The molecular formula is C9H12F2N2O. The van der Waals surface area contributed by atoms with E-state index >= 15 is 0 Å². The fraction of sp³-hybridized carbons (Fsp3) is 0.556. The molecule has 1 rings (SSSR count). The summed E-state index contributed by atoms with van der Waals surface area (Å²) in [6.45, 7) is 4.33. The smallest absolute Gasteiger partial charge is 0.286 e. The number of hydrogen-bond acceptors (Lipinski definition) is 2. The van der Waals surface area contributed by atoms with Gasteiger partial charge in [0.1, 0.15) is 5.69 Å². The Morgan fingerprint density at radius 1 is 1.57 bits per heavy atom. The van der Waals surface area contributed by atoms with E-state index < -0.39 is 12.2 Å². The standard InChI is InChI=1S/C9H12F2N2O/c1-6(2)5-13-7(3-4-12-13)8(14)9(10)11/h3-4,6,9H,5H2,1-2H3. The summed E-state index contributed by atoms with van der Waals surface area (Å²) < 4.78 is 25.6. The molecule has 0 aliphatic rings. The molecule has 14 heavy (non-hydrogen) atoms. The first-order valence-corrected chi connectivity index (χ1v) is 4.36.